The van der Waals surface area contributed by atoms with Crippen LogP contribution >= 0.6 is 0 Å². The molecular weight excluding hydrogens is 184 g/mol. The maximum atomic E-state index is 5.47. The fourth-order valence-corrected chi connectivity index (χ4v) is 1.70. The van der Waals surface area contributed by atoms with Gasteiger partial charge in [0, 0.05) is 17.6 Å². The Hall–Kier alpha value is -1.54. The van der Waals surface area contributed by atoms with Gasteiger partial charge in [-0.3, -0.25) is 0 Å². The van der Waals surface area contributed by atoms with Gasteiger partial charge in [0.2, 0.25) is 0 Å². The lowest BCUT2D eigenvalue weighted by Gasteiger charge is -2.08. The van der Waals surface area contributed by atoms with Crippen LogP contribution in [-0.4, -0.2) is 13.1 Å². The molecule has 2 heteroatoms. The molecule has 0 aromatic heterocycles. The van der Waals surface area contributed by atoms with E-state index in [1.54, 1.807) is 0 Å². The standard InChI is InChI=1S/C13H16N2/c14-9-4-10-15-13-8-3-6-11-5-1-2-7-12(11)13/h1-3,5-8,15H,4,9-10,14H2. The first-order valence-electron chi connectivity index (χ1n) is 5.33. The number of rotatable bonds is 4. The van der Waals surface area contributed by atoms with Crippen molar-refractivity contribution in [2.45, 2.75) is 6.42 Å². The highest BCUT2D eigenvalue weighted by Crippen LogP contribution is 2.22. The Kier molecular flexibility index (Phi) is 3.20. The van der Waals surface area contributed by atoms with Crippen molar-refractivity contribution in [1.29, 1.82) is 0 Å². The SMILES string of the molecule is NCCCNc1cccc2ccccc12. The molecule has 15 heavy (non-hydrogen) atoms. The monoisotopic (exact) mass is 200 g/mol. The molecule has 2 aromatic rings. The van der Waals surface area contributed by atoms with E-state index >= 15 is 0 Å². The fourth-order valence-electron chi connectivity index (χ4n) is 1.70. The van der Waals surface area contributed by atoms with Crippen molar-refractivity contribution >= 4 is 16.5 Å². The third-order valence-electron chi connectivity index (χ3n) is 2.49. The van der Waals surface area contributed by atoms with Crippen molar-refractivity contribution in [1.82, 2.24) is 0 Å². The third kappa shape index (κ3) is 2.28. The van der Waals surface area contributed by atoms with Crippen LogP contribution in [0.1, 0.15) is 6.42 Å². The summed E-state index contributed by atoms with van der Waals surface area (Å²) in [4.78, 5) is 0. The van der Waals surface area contributed by atoms with E-state index < -0.39 is 0 Å². The Morgan fingerprint density at radius 3 is 2.67 bits per heavy atom. The van der Waals surface area contributed by atoms with Gasteiger partial charge >= 0.3 is 0 Å². The van der Waals surface area contributed by atoms with Gasteiger partial charge in [-0.05, 0) is 24.4 Å². The smallest absolute Gasteiger partial charge is 0.0419 e. The maximum Gasteiger partial charge on any atom is 0.0419 e. The van der Waals surface area contributed by atoms with Gasteiger partial charge in [-0.1, -0.05) is 36.4 Å². The zero-order chi connectivity index (χ0) is 10.5. The van der Waals surface area contributed by atoms with Crippen molar-refractivity contribution < 1.29 is 0 Å². The first-order chi connectivity index (χ1) is 7.42. The van der Waals surface area contributed by atoms with Crippen LogP contribution in [0.25, 0.3) is 10.8 Å². The van der Waals surface area contributed by atoms with Gasteiger partial charge in [0.05, 0.1) is 0 Å². The van der Waals surface area contributed by atoms with Gasteiger partial charge in [-0.25, -0.2) is 0 Å². The summed E-state index contributed by atoms with van der Waals surface area (Å²) in [6.07, 6.45) is 1.00. The summed E-state index contributed by atoms with van der Waals surface area (Å²) in [6.45, 7) is 1.67. The van der Waals surface area contributed by atoms with Crippen LogP contribution in [-0.2, 0) is 0 Å². The van der Waals surface area contributed by atoms with E-state index in [-0.39, 0.29) is 0 Å². The van der Waals surface area contributed by atoms with E-state index in [1.807, 2.05) is 0 Å². The molecule has 0 aliphatic heterocycles. The summed E-state index contributed by atoms with van der Waals surface area (Å²) in [5.41, 5.74) is 6.66. The van der Waals surface area contributed by atoms with Crippen LogP contribution in [0.5, 0.6) is 0 Å². The average Bonchev–Trinajstić information content (AvgIpc) is 2.30. The lowest BCUT2D eigenvalue weighted by Crippen LogP contribution is -2.08. The summed E-state index contributed by atoms with van der Waals surface area (Å²) < 4.78 is 0. The molecule has 2 nitrogen and oxygen atoms in total. The summed E-state index contributed by atoms with van der Waals surface area (Å²) in [7, 11) is 0. The van der Waals surface area contributed by atoms with E-state index in [1.165, 1.54) is 16.5 Å². The minimum atomic E-state index is 0.734. The Balaban J connectivity index is 2.26. The quantitative estimate of drug-likeness (QED) is 0.744. The van der Waals surface area contributed by atoms with Gasteiger partial charge < -0.3 is 11.1 Å². The normalized spacial score (nSPS) is 10.5. The molecule has 0 aliphatic rings. The molecule has 0 amide bonds. The number of nitrogens with one attached hydrogen (secondary N) is 1. The first kappa shape index (κ1) is 9.99. The van der Waals surface area contributed by atoms with E-state index in [0.29, 0.717) is 0 Å². The number of nitrogens with two attached hydrogens (primary N) is 1. The fraction of sp³-hybridized carbons (Fsp3) is 0.231. The zero-order valence-electron chi connectivity index (χ0n) is 8.74. The maximum absolute atomic E-state index is 5.47. The van der Waals surface area contributed by atoms with Crippen LogP contribution in [0.4, 0.5) is 5.69 Å². The summed E-state index contributed by atoms with van der Waals surface area (Å²) >= 11 is 0. The second-order valence-electron chi connectivity index (χ2n) is 3.60. The Labute approximate surface area is 90.1 Å². The Bertz CT molecular complexity index is 432. The van der Waals surface area contributed by atoms with Crippen LogP contribution in [0.15, 0.2) is 42.5 Å². The highest BCUT2D eigenvalue weighted by Gasteiger charge is 1.97. The molecule has 0 saturated heterocycles. The predicted molar refractivity (Wildman–Crippen MR) is 66.1 cm³/mol. The van der Waals surface area contributed by atoms with E-state index in [9.17, 15) is 0 Å². The molecule has 0 saturated carbocycles. The van der Waals surface area contributed by atoms with Crippen LogP contribution in [0.3, 0.4) is 0 Å². The number of hydrogen-bond acceptors (Lipinski definition) is 2. The van der Waals surface area contributed by atoms with Gasteiger partial charge in [-0.15, -0.1) is 0 Å². The molecule has 0 radical (unpaired) electrons. The molecule has 0 atom stereocenters. The molecule has 78 valence electrons. The van der Waals surface area contributed by atoms with Crippen molar-refractivity contribution in [3.05, 3.63) is 42.5 Å². The molecule has 2 aromatic carbocycles. The Morgan fingerprint density at radius 1 is 1.00 bits per heavy atom. The molecule has 0 aliphatic carbocycles. The topological polar surface area (TPSA) is 38.0 Å². The van der Waals surface area contributed by atoms with Crippen molar-refractivity contribution in [3.8, 4) is 0 Å². The summed E-state index contributed by atoms with van der Waals surface area (Å²) in [6, 6.07) is 14.7. The molecule has 3 N–H and O–H groups in total. The lowest BCUT2D eigenvalue weighted by atomic mass is 10.1. The highest BCUT2D eigenvalue weighted by molar-refractivity contribution is 5.93. The third-order valence-corrected chi connectivity index (χ3v) is 2.49. The van der Waals surface area contributed by atoms with Crippen molar-refractivity contribution in [2.24, 2.45) is 5.73 Å². The average molecular weight is 200 g/mol. The number of benzene rings is 2. The second-order valence-corrected chi connectivity index (χ2v) is 3.60. The van der Waals surface area contributed by atoms with E-state index in [2.05, 4.69) is 47.8 Å². The van der Waals surface area contributed by atoms with Crippen molar-refractivity contribution in [2.75, 3.05) is 18.4 Å². The van der Waals surface area contributed by atoms with Gasteiger partial charge in [0.25, 0.3) is 0 Å². The minimum absolute atomic E-state index is 0.734. The van der Waals surface area contributed by atoms with Crippen LogP contribution in [0, 0.1) is 0 Å². The molecular formula is C13H16N2. The minimum Gasteiger partial charge on any atom is -0.384 e. The molecule has 0 spiro atoms. The predicted octanol–water partition coefficient (Wildman–Crippen LogP) is 2.60. The number of hydrogen-bond donors (Lipinski definition) is 2. The first-order valence-corrected chi connectivity index (χ1v) is 5.33. The summed E-state index contributed by atoms with van der Waals surface area (Å²) in [5.74, 6) is 0. The van der Waals surface area contributed by atoms with Crippen molar-refractivity contribution in [3.63, 3.8) is 0 Å². The highest BCUT2D eigenvalue weighted by atomic mass is 14.9. The van der Waals surface area contributed by atoms with Crippen LogP contribution in [0.2, 0.25) is 0 Å². The number of fused-ring (bicyclic) bond motifs is 1. The molecule has 0 bridgehead atoms. The largest absolute Gasteiger partial charge is 0.384 e. The Morgan fingerprint density at radius 2 is 1.80 bits per heavy atom. The molecule has 2 rings (SSSR count). The summed E-state index contributed by atoms with van der Waals surface area (Å²) in [5, 5.41) is 5.96. The molecule has 0 fully saturated rings. The van der Waals surface area contributed by atoms with Crippen LogP contribution < -0.4 is 11.1 Å². The zero-order valence-corrected chi connectivity index (χ0v) is 8.74. The second kappa shape index (κ2) is 4.80. The van der Waals surface area contributed by atoms with Gasteiger partial charge in [-0.2, -0.15) is 0 Å². The van der Waals surface area contributed by atoms with Gasteiger partial charge in [0.1, 0.15) is 0 Å². The van der Waals surface area contributed by atoms with Gasteiger partial charge in [0.15, 0.2) is 0 Å². The van der Waals surface area contributed by atoms with E-state index in [4.69, 9.17) is 5.73 Å². The van der Waals surface area contributed by atoms with E-state index in [0.717, 1.165) is 19.5 Å². The molecule has 0 unspecified atom stereocenters. The molecule has 0 heterocycles. The number of anilines is 1. The lowest BCUT2D eigenvalue weighted by molar-refractivity contribution is 0.875.